The average Bonchev–Trinajstić information content (AvgIpc) is 3.36. The lowest BCUT2D eigenvalue weighted by Crippen LogP contribution is -2.36. The van der Waals surface area contributed by atoms with Crippen molar-refractivity contribution in [3.63, 3.8) is 0 Å². The van der Waals surface area contributed by atoms with Crippen LogP contribution in [0.25, 0.3) is 0 Å². The molecule has 1 saturated heterocycles. The third kappa shape index (κ3) is 8.71. The Balaban J connectivity index is 1.36. The Morgan fingerprint density at radius 1 is 1.03 bits per heavy atom. The molecule has 5 heteroatoms. The molecule has 1 N–H and O–H groups in total. The third-order valence-corrected chi connectivity index (χ3v) is 8.70. The van der Waals surface area contributed by atoms with E-state index in [-0.39, 0.29) is 0 Å². The van der Waals surface area contributed by atoms with Crippen LogP contribution in [0.1, 0.15) is 111 Å². The number of hydrogen-bond acceptors (Lipinski definition) is 3. The Labute approximate surface area is 210 Å². The fraction of sp³-hybridized carbons (Fsp3) is 0.929. The Bertz CT molecular complexity index is 613. The molecule has 0 aromatic carbocycles. The summed E-state index contributed by atoms with van der Waals surface area (Å²) >= 11 is 6.01. The molecule has 3 aliphatic rings. The van der Waals surface area contributed by atoms with Crippen LogP contribution in [-0.2, 0) is 0 Å². The molecule has 4 nitrogen and oxygen atoms in total. The molecule has 3 rings (SSSR count). The fourth-order valence-corrected chi connectivity index (χ4v) is 6.41. The third-order valence-electron chi connectivity index (χ3n) is 8.21. The minimum Gasteiger partial charge on any atom is -0.369 e. The largest absolute Gasteiger partial charge is 0.369 e. The minimum absolute atomic E-state index is 0.555. The Morgan fingerprint density at radius 3 is 2.55 bits per heavy atom. The smallest absolute Gasteiger partial charge is 0.171 e. The van der Waals surface area contributed by atoms with Crippen molar-refractivity contribution in [2.75, 3.05) is 26.2 Å². The van der Waals surface area contributed by atoms with Crippen LogP contribution in [0.15, 0.2) is 4.99 Å². The number of rotatable bonds is 14. The molecule has 0 aromatic rings. The molecule has 0 amide bonds. The van der Waals surface area contributed by atoms with E-state index in [1.54, 1.807) is 0 Å². The van der Waals surface area contributed by atoms with Crippen LogP contribution < -0.4 is 5.32 Å². The zero-order valence-corrected chi connectivity index (χ0v) is 23.0. The summed E-state index contributed by atoms with van der Waals surface area (Å²) in [4.78, 5) is 9.88. The summed E-state index contributed by atoms with van der Waals surface area (Å²) in [6.45, 7) is 13.7. The van der Waals surface area contributed by atoms with Crippen molar-refractivity contribution in [1.82, 2.24) is 15.1 Å². The molecule has 33 heavy (non-hydrogen) atoms. The lowest BCUT2D eigenvalue weighted by atomic mass is 9.86. The van der Waals surface area contributed by atoms with Crippen molar-refractivity contribution in [2.24, 2.45) is 22.7 Å². The Morgan fingerprint density at radius 2 is 1.82 bits per heavy atom. The van der Waals surface area contributed by atoms with Crippen LogP contribution >= 0.6 is 12.2 Å². The predicted molar refractivity (Wildman–Crippen MR) is 147 cm³/mol. The van der Waals surface area contributed by atoms with E-state index in [9.17, 15) is 0 Å². The Kier molecular flexibility index (Phi) is 11.3. The lowest BCUT2D eigenvalue weighted by Gasteiger charge is -2.28. The van der Waals surface area contributed by atoms with E-state index in [0.29, 0.717) is 12.1 Å². The number of aliphatic imine (C=N–C) groups is 1. The quantitative estimate of drug-likeness (QED) is 0.225. The molecular weight excluding hydrogens is 424 g/mol. The summed E-state index contributed by atoms with van der Waals surface area (Å²) in [5.74, 6) is 3.69. The summed E-state index contributed by atoms with van der Waals surface area (Å²) in [6.07, 6.45) is 17.4. The standard InChI is InChI=1S/C28H52N4S/c1-5-23(4)19-27-29-20-25(30-27)15-9-10-16-31-21-26(18-22(2)3)32(28(31)33)17-11-14-24-12-7-6-8-13-24/h22-26H,5-21H2,1-4H3,(H,29,30)/t23?,25-,26+/m0/s1. The molecular formula is C28H52N4S. The van der Waals surface area contributed by atoms with Crippen LogP contribution in [0.4, 0.5) is 0 Å². The van der Waals surface area contributed by atoms with Crippen LogP contribution in [0, 0.1) is 17.8 Å². The first-order valence-corrected chi connectivity index (χ1v) is 14.7. The highest BCUT2D eigenvalue weighted by Gasteiger charge is 2.33. The highest BCUT2D eigenvalue weighted by Crippen LogP contribution is 2.29. The predicted octanol–water partition coefficient (Wildman–Crippen LogP) is 6.64. The molecule has 0 aromatic heterocycles. The number of thiocarbonyl (C=S) groups is 1. The summed E-state index contributed by atoms with van der Waals surface area (Å²) < 4.78 is 0. The van der Waals surface area contributed by atoms with Gasteiger partial charge < -0.3 is 15.1 Å². The van der Waals surface area contributed by atoms with E-state index in [1.165, 1.54) is 89.4 Å². The van der Waals surface area contributed by atoms with Gasteiger partial charge in [0, 0.05) is 38.1 Å². The van der Waals surface area contributed by atoms with Gasteiger partial charge in [-0.2, -0.15) is 0 Å². The van der Waals surface area contributed by atoms with Crippen molar-refractivity contribution in [2.45, 2.75) is 123 Å². The highest BCUT2D eigenvalue weighted by molar-refractivity contribution is 7.80. The second kappa shape index (κ2) is 13.9. The van der Waals surface area contributed by atoms with Crippen molar-refractivity contribution < 1.29 is 0 Å². The van der Waals surface area contributed by atoms with E-state index >= 15 is 0 Å². The first kappa shape index (κ1) is 26.8. The number of unbranched alkanes of at least 4 members (excludes halogenated alkanes) is 1. The maximum atomic E-state index is 6.01. The maximum Gasteiger partial charge on any atom is 0.171 e. The van der Waals surface area contributed by atoms with Gasteiger partial charge in [0.2, 0.25) is 0 Å². The molecule has 2 fully saturated rings. The van der Waals surface area contributed by atoms with E-state index in [4.69, 9.17) is 17.2 Å². The van der Waals surface area contributed by atoms with Crippen molar-refractivity contribution >= 4 is 23.2 Å². The van der Waals surface area contributed by atoms with Gasteiger partial charge in [0.05, 0.1) is 12.4 Å². The van der Waals surface area contributed by atoms with Crippen molar-refractivity contribution in [1.29, 1.82) is 0 Å². The van der Waals surface area contributed by atoms with Gasteiger partial charge in [-0.3, -0.25) is 4.99 Å². The summed E-state index contributed by atoms with van der Waals surface area (Å²) in [5, 5.41) is 4.82. The summed E-state index contributed by atoms with van der Waals surface area (Å²) in [5.41, 5.74) is 0. The topological polar surface area (TPSA) is 30.9 Å². The Hall–Kier alpha value is -0.840. The van der Waals surface area contributed by atoms with Crippen LogP contribution in [0.3, 0.4) is 0 Å². The van der Waals surface area contributed by atoms with Gasteiger partial charge in [-0.05, 0) is 68.5 Å². The van der Waals surface area contributed by atoms with Gasteiger partial charge in [-0.1, -0.05) is 66.2 Å². The molecule has 1 saturated carbocycles. The minimum atomic E-state index is 0.555. The lowest BCUT2D eigenvalue weighted by molar-refractivity contribution is 0.272. The zero-order chi connectivity index (χ0) is 23.6. The molecule has 0 spiro atoms. The molecule has 2 aliphatic heterocycles. The molecule has 0 radical (unpaired) electrons. The molecule has 3 atom stereocenters. The van der Waals surface area contributed by atoms with Gasteiger partial charge in [0.25, 0.3) is 0 Å². The normalized spacial score (nSPS) is 25.1. The van der Waals surface area contributed by atoms with E-state index in [2.05, 4.69) is 42.8 Å². The van der Waals surface area contributed by atoms with Crippen LogP contribution in [0.5, 0.6) is 0 Å². The summed E-state index contributed by atoms with van der Waals surface area (Å²) in [7, 11) is 0. The van der Waals surface area contributed by atoms with Crippen LogP contribution in [0.2, 0.25) is 0 Å². The second-order valence-corrected chi connectivity index (χ2v) is 12.1. The fourth-order valence-electron chi connectivity index (χ4n) is 6.01. The van der Waals surface area contributed by atoms with Gasteiger partial charge in [-0.25, -0.2) is 0 Å². The van der Waals surface area contributed by atoms with Crippen molar-refractivity contribution in [3.8, 4) is 0 Å². The zero-order valence-electron chi connectivity index (χ0n) is 22.2. The molecule has 1 unspecified atom stereocenters. The van der Waals surface area contributed by atoms with Crippen LogP contribution in [-0.4, -0.2) is 59.0 Å². The van der Waals surface area contributed by atoms with E-state index < -0.39 is 0 Å². The second-order valence-electron chi connectivity index (χ2n) is 11.7. The van der Waals surface area contributed by atoms with E-state index in [1.807, 2.05) is 0 Å². The first-order chi connectivity index (χ1) is 16.0. The molecule has 1 aliphatic carbocycles. The maximum absolute atomic E-state index is 6.01. The first-order valence-electron chi connectivity index (χ1n) is 14.3. The van der Waals surface area contributed by atoms with Gasteiger partial charge in [-0.15, -0.1) is 0 Å². The number of amidine groups is 1. The summed E-state index contributed by atoms with van der Waals surface area (Å²) in [6, 6.07) is 1.18. The molecule has 0 bridgehead atoms. The average molecular weight is 477 g/mol. The monoisotopic (exact) mass is 476 g/mol. The number of nitrogens with zero attached hydrogens (tertiary/aromatic N) is 3. The molecule has 2 heterocycles. The molecule has 190 valence electrons. The van der Waals surface area contributed by atoms with Gasteiger partial charge >= 0.3 is 0 Å². The van der Waals surface area contributed by atoms with Crippen molar-refractivity contribution in [3.05, 3.63) is 0 Å². The van der Waals surface area contributed by atoms with Gasteiger partial charge in [0.15, 0.2) is 5.11 Å². The number of nitrogens with one attached hydrogen (secondary N) is 1. The number of hydrogen-bond donors (Lipinski definition) is 1. The van der Waals surface area contributed by atoms with Gasteiger partial charge in [0.1, 0.15) is 0 Å². The SMILES string of the molecule is CCC(C)CC1=NC[C@H](CCCCN2C[C@@H](CC(C)C)N(CCCC3CCCCC3)C2=S)N1. The van der Waals surface area contributed by atoms with E-state index in [0.717, 1.165) is 48.9 Å². The highest BCUT2D eigenvalue weighted by atomic mass is 32.1.